The van der Waals surface area contributed by atoms with Crippen molar-refractivity contribution in [3.05, 3.63) is 77.6 Å². The molecule has 0 spiro atoms. The largest absolute Gasteiger partial charge is 0.492 e. The van der Waals surface area contributed by atoms with Crippen LogP contribution in [0.3, 0.4) is 0 Å². The van der Waals surface area contributed by atoms with Crippen molar-refractivity contribution in [2.75, 3.05) is 10.0 Å². The van der Waals surface area contributed by atoms with E-state index in [4.69, 9.17) is 0 Å². The molecule has 0 unspecified atom stereocenters. The van der Waals surface area contributed by atoms with E-state index in [1.165, 1.54) is 17.1 Å². The van der Waals surface area contributed by atoms with Crippen molar-refractivity contribution in [2.45, 2.75) is 0 Å². The van der Waals surface area contributed by atoms with Crippen molar-refractivity contribution in [3.63, 3.8) is 0 Å². The minimum atomic E-state index is -0.319. The van der Waals surface area contributed by atoms with Gasteiger partial charge in [0, 0.05) is 10.0 Å². The molecule has 23 heavy (non-hydrogen) atoms. The summed E-state index contributed by atoms with van der Waals surface area (Å²) in [7, 11) is 0. The number of hydrogen-bond donors (Lipinski definition) is 2. The number of nitrogens with zero attached hydrogens (tertiary/aromatic N) is 2. The summed E-state index contributed by atoms with van der Waals surface area (Å²) in [6.45, 7) is 0. The molecule has 0 saturated heterocycles. The van der Waals surface area contributed by atoms with E-state index in [1.54, 1.807) is 17.1 Å². The van der Waals surface area contributed by atoms with E-state index in [2.05, 4.69) is 21.5 Å². The number of aliphatic hydroxyl groups is 1. The molecule has 0 radical (unpaired) electrons. The van der Waals surface area contributed by atoms with Gasteiger partial charge in [0.15, 0.2) is 0 Å². The zero-order chi connectivity index (χ0) is 15.3. The molecule has 0 amide bonds. The molecule has 0 aromatic heterocycles. The van der Waals surface area contributed by atoms with Crippen molar-refractivity contribution in [2.24, 2.45) is 0 Å². The smallest absolute Gasteiger partial charge is 0.234 e. The zero-order valence-electron chi connectivity index (χ0n) is 11.8. The maximum absolute atomic E-state index is 13.1. The summed E-state index contributed by atoms with van der Waals surface area (Å²) in [6, 6.07) is 13.7. The van der Waals surface area contributed by atoms with E-state index in [0.717, 1.165) is 15.7 Å². The number of halogens is 2. The van der Waals surface area contributed by atoms with Crippen molar-refractivity contribution in [1.29, 1.82) is 0 Å². The fraction of sp³-hybridized carbons (Fsp3) is 0. The normalized spacial score (nSPS) is 15.8. The van der Waals surface area contributed by atoms with E-state index in [1.807, 2.05) is 30.3 Å². The molecule has 0 aliphatic carbocycles. The highest BCUT2D eigenvalue weighted by atomic mass is 79.9. The molecule has 0 fully saturated rings. The van der Waals surface area contributed by atoms with Crippen LogP contribution in [0.5, 0.6) is 0 Å². The molecule has 118 valence electrons. The average molecular weight is 378 g/mol. The van der Waals surface area contributed by atoms with Gasteiger partial charge < -0.3 is 10.6 Å². The number of allylic oxidation sites excluding steroid dienone is 1. The Balaban J connectivity index is 0.00000156. The van der Waals surface area contributed by atoms with Crippen LogP contribution in [0.4, 0.5) is 15.8 Å². The maximum Gasteiger partial charge on any atom is 0.234 e. The topological polar surface area (TPSA) is 70.2 Å². The number of benzene rings is 2. The number of fused-ring (bicyclic) bond motifs is 3. The minimum absolute atomic E-state index is 0. The van der Waals surface area contributed by atoms with Crippen molar-refractivity contribution in [3.8, 4) is 0 Å². The number of hydrogen-bond acceptors (Lipinski definition) is 4. The fourth-order valence-corrected chi connectivity index (χ4v) is 3.12. The SMILES string of the molecule is O.OC1=C2C=C(Br)c3ccccc3N2NN1c1ccc(F)cc1. The van der Waals surface area contributed by atoms with Crippen LogP contribution < -0.4 is 15.6 Å². The van der Waals surface area contributed by atoms with Gasteiger partial charge in [0.25, 0.3) is 0 Å². The average Bonchev–Trinajstić information content (AvgIpc) is 2.86. The molecule has 0 saturated carbocycles. The lowest BCUT2D eigenvalue weighted by Gasteiger charge is -2.27. The summed E-state index contributed by atoms with van der Waals surface area (Å²) in [5, 5.41) is 13.8. The van der Waals surface area contributed by atoms with Crippen LogP contribution in [0.25, 0.3) is 4.48 Å². The molecular weight excluding hydrogens is 365 g/mol. The lowest BCUT2D eigenvalue weighted by atomic mass is 10.1. The summed E-state index contributed by atoms with van der Waals surface area (Å²) in [5.74, 6) is -0.265. The van der Waals surface area contributed by atoms with Gasteiger partial charge in [0.05, 0.1) is 11.4 Å². The Kier molecular flexibility index (Phi) is 3.85. The van der Waals surface area contributed by atoms with Gasteiger partial charge in [0.1, 0.15) is 11.5 Å². The molecule has 2 aromatic rings. The lowest BCUT2D eigenvalue weighted by molar-refractivity contribution is 0.388. The van der Waals surface area contributed by atoms with Gasteiger partial charge in [-0.1, -0.05) is 34.1 Å². The number of rotatable bonds is 1. The molecule has 2 heterocycles. The third-order valence-corrected chi connectivity index (χ3v) is 4.29. The molecule has 4 N–H and O–H groups in total. The number of aliphatic hydroxyl groups excluding tert-OH is 1. The predicted molar refractivity (Wildman–Crippen MR) is 91.1 cm³/mol. The summed E-state index contributed by atoms with van der Waals surface area (Å²) >= 11 is 3.53. The third kappa shape index (κ3) is 2.39. The monoisotopic (exact) mass is 377 g/mol. The first kappa shape index (κ1) is 15.5. The molecule has 5 nitrogen and oxygen atoms in total. The Morgan fingerprint density at radius 2 is 1.70 bits per heavy atom. The molecule has 4 rings (SSSR count). The maximum atomic E-state index is 13.1. The second-order valence-corrected chi connectivity index (χ2v) is 5.82. The van der Waals surface area contributed by atoms with Crippen LogP contribution in [-0.4, -0.2) is 10.6 Å². The highest BCUT2D eigenvalue weighted by Gasteiger charge is 2.34. The molecule has 7 heteroatoms. The van der Waals surface area contributed by atoms with Gasteiger partial charge in [-0.15, -0.1) is 5.53 Å². The van der Waals surface area contributed by atoms with E-state index in [0.29, 0.717) is 11.4 Å². The van der Waals surface area contributed by atoms with Gasteiger partial charge in [-0.2, -0.15) is 0 Å². The Hall–Kier alpha value is -2.35. The molecule has 0 atom stereocenters. The van der Waals surface area contributed by atoms with Gasteiger partial charge >= 0.3 is 0 Å². The Labute approximate surface area is 140 Å². The van der Waals surface area contributed by atoms with E-state index >= 15 is 0 Å². The highest BCUT2D eigenvalue weighted by Crippen LogP contribution is 2.41. The summed E-state index contributed by atoms with van der Waals surface area (Å²) < 4.78 is 14.0. The van der Waals surface area contributed by atoms with Crippen molar-refractivity contribution in [1.82, 2.24) is 5.53 Å². The fourth-order valence-electron chi connectivity index (χ4n) is 2.57. The van der Waals surface area contributed by atoms with Crippen LogP contribution in [-0.2, 0) is 0 Å². The molecule has 0 bridgehead atoms. The first-order chi connectivity index (χ1) is 10.6. The van der Waals surface area contributed by atoms with Gasteiger partial charge in [-0.05, 0) is 36.4 Å². The van der Waals surface area contributed by atoms with Gasteiger partial charge in [-0.25, -0.2) is 9.40 Å². The number of nitrogens with one attached hydrogen (secondary N) is 1. The Morgan fingerprint density at radius 3 is 2.43 bits per heavy atom. The van der Waals surface area contributed by atoms with Crippen LogP contribution in [0, 0.1) is 5.82 Å². The van der Waals surface area contributed by atoms with E-state index in [-0.39, 0.29) is 17.2 Å². The van der Waals surface area contributed by atoms with Gasteiger partial charge in [0.2, 0.25) is 5.88 Å². The van der Waals surface area contributed by atoms with Crippen molar-refractivity contribution >= 4 is 31.8 Å². The van der Waals surface area contributed by atoms with Crippen LogP contribution in [0.15, 0.2) is 66.2 Å². The first-order valence-electron chi connectivity index (χ1n) is 6.67. The molecule has 2 aliphatic heterocycles. The quantitative estimate of drug-likeness (QED) is 0.800. The highest BCUT2D eigenvalue weighted by molar-refractivity contribution is 9.15. The number of para-hydroxylation sites is 1. The first-order valence-corrected chi connectivity index (χ1v) is 7.46. The lowest BCUT2D eigenvalue weighted by Crippen LogP contribution is -2.42. The second-order valence-electron chi connectivity index (χ2n) is 4.97. The zero-order valence-corrected chi connectivity index (χ0v) is 13.4. The standard InChI is InChI=1S/C16H11BrFN3O.H2O/c17-13-9-15-16(22)20(11-7-5-10(18)6-8-11)19-21(15)14-4-2-1-3-12(13)14;/h1-9,19,22H;1H2. The summed E-state index contributed by atoms with van der Waals surface area (Å²) in [5.41, 5.74) is 6.31. The minimum Gasteiger partial charge on any atom is -0.492 e. The Bertz CT molecular complexity index is 820. The second kappa shape index (κ2) is 5.69. The summed E-state index contributed by atoms with van der Waals surface area (Å²) in [4.78, 5) is 0. The third-order valence-electron chi connectivity index (χ3n) is 3.63. The van der Waals surface area contributed by atoms with Crippen LogP contribution >= 0.6 is 15.9 Å². The number of anilines is 2. The number of hydrazine groups is 2. The van der Waals surface area contributed by atoms with Crippen molar-refractivity contribution < 1.29 is 15.0 Å². The van der Waals surface area contributed by atoms with Crippen LogP contribution in [0.1, 0.15) is 5.56 Å². The molecular formula is C16H13BrFN3O2. The van der Waals surface area contributed by atoms with Crippen LogP contribution in [0.2, 0.25) is 0 Å². The summed E-state index contributed by atoms with van der Waals surface area (Å²) in [6.07, 6.45) is 1.84. The predicted octanol–water partition coefficient (Wildman–Crippen LogP) is 3.22. The molecule has 2 aliphatic rings. The Morgan fingerprint density at radius 1 is 1.00 bits per heavy atom. The van der Waals surface area contributed by atoms with E-state index < -0.39 is 0 Å². The molecule has 2 aromatic carbocycles. The van der Waals surface area contributed by atoms with E-state index in [9.17, 15) is 9.50 Å². The van der Waals surface area contributed by atoms with Gasteiger partial charge in [-0.3, -0.25) is 5.01 Å².